The van der Waals surface area contributed by atoms with Gasteiger partial charge in [-0.2, -0.15) is 0 Å². The lowest BCUT2D eigenvalue weighted by atomic mass is 9.82. The fraction of sp³-hybridized carbons (Fsp3) is 0.0240. The molecule has 9 nitrogen and oxygen atoms in total. The summed E-state index contributed by atoms with van der Waals surface area (Å²) < 4.78 is 18.5. The molecule has 0 spiro atoms. The van der Waals surface area contributed by atoms with E-state index in [0.29, 0.717) is 0 Å². The molecule has 26 aromatic rings. The van der Waals surface area contributed by atoms with E-state index < -0.39 is 0 Å². The molecule has 0 aliphatic heterocycles. The summed E-state index contributed by atoms with van der Waals surface area (Å²) in [7, 11) is 0. The summed E-state index contributed by atoms with van der Waals surface area (Å²) in [5, 5.41) is 13.7. The number of hydrogen-bond donors (Lipinski definition) is 0. The van der Waals surface area contributed by atoms with E-state index in [1.54, 1.807) is 0 Å². The van der Waals surface area contributed by atoms with Crippen LogP contribution >= 0.6 is 0 Å². The fourth-order valence-electron chi connectivity index (χ4n) is 20.2. The molecule has 9 heteroatoms. The molecule has 0 saturated heterocycles. The van der Waals surface area contributed by atoms with E-state index in [1.165, 1.54) is 66.1 Å². The van der Waals surface area contributed by atoms with Gasteiger partial charge < -0.3 is 13.3 Å². The van der Waals surface area contributed by atoms with Crippen molar-refractivity contribution in [2.24, 2.45) is 0 Å². The second kappa shape index (κ2) is 32.5. The molecule has 0 unspecified atom stereocenters. The van der Waals surface area contributed by atoms with Crippen molar-refractivity contribution in [2.45, 2.75) is 19.3 Å². The highest BCUT2D eigenvalue weighted by molar-refractivity contribution is 6.18. The molecule has 0 N–H and O–H groups in total. The number of benzene rings is 19. The standard InChI is InChI=1S/2C42H26N2O.C41H28N2O/c1-3-12-27(13-4-1)41-35-23-22-29(26-37(35)43-42(44-41)28-14-5-2-6-15-28)30-24-25-33(32-17-8-7-16-31(30)32)34-19-11-21-39-40(34)36-18-9-10-20-38(36)45-39;1-2-10-30(11-3-1)41-42(33-22-19-27-9-4-5-12-31(27)25-33)43-36-24-23-32(26-37(36)44-41)28-17-20-29(21-18-28)34-14-8-16-39-40(34)35-13-6-7-15-38(35)45-39;1-41(2)33-13-5-3-9-29(33)30-21-20-27(23-34(30)41)40-31-12-8-22-42-36(31)24-35(43-40)26-18-16-25(17-19-26)28-11-7-15-38-39(28)32-10-4-6-14-37(32)44-38/h2*1-26H;3-24H,1-2H3. The predicted octanol–water partition coefficient (Wildman–Crippen LogP) is 33.5. The summed E-state index contributed by atoms with van der Waals surface area (Å²) in [5.74, 6) is 0.722. The molecule has 7 heterocycles. The maximum atomic E-state index is 6.23. The van der Waals surface area contributed by atoms with E-state index in [2.05, 4.69) is 372 Å². The van der Waals surface area contributed by atoms with Crippen molar-refractivity contribution in [1.29, 1.82) is 0 Å². The Bertz CT molecular complexity index is 9160. The molecule has 1 aliphatic rings. The summed E-state index contributed by atoms with van der Waals surface area (Å²) >= 11 is 0. The lowest BCUT2D eigenvalue weighted by Gasteiger charge is -2.22. The first kappa shape index (κ1) is 78.6. The molecule has 27 rings (SSSR count). The topological polar surface area (TPSA) is 117 Å². The smallest absolute Gasteiger partial charge is 0.160 e. The van der Waals surface area contributed by atoms with Gasteiger partial charge in [0.15, 0.2) is 5.82 Å². The van der Waals surface area contributed by atoms with Crippen LogP contribution in [0.4, 0.5) is 0 Å². The Morgan fingerprint density at radius 2 is 0.627 bits per heavy atom. The Balaban J connectivity index is 0.000000107. The van der Waals surface area contributed by atoms with E-state index in [0.717, 1.165) is 200 Å². The van der Waals surface area contributed by atoms with Crippen LogP contribution in [0, 0.1) is 0 Å². The largest absolute Gasteiger partial charge is 0.456 e. The third-order valence-corrected chi connectivity index (χ3v) is 26.7. The van der Waals surface area contributed by atoms with Crippen molar-refractivity contribution in [1.82, 2.24) is 29.9 Å². The Morgan fingerprint density at radius 1 is 0.194 bits per heavy atom. The number of aromatic nitrogens is 6. The molecule has 0 saturated carbocycles. The fourth-order valence-corrected chi connectivity index (χ4v) is 20.2. The van der Waals surface area contributed by atoms with E-state index in [9.17, 15) is 0 Å². The third-order valence-electron chi connectivity index (χ3n) is 26.7. The molecule has 19 aromatic carbocycles. The van der Waals surface area contributed by atoms with Gasteiger partial charge in [0.05, 0.1) is 50.5 Å². The Hall–Kier alpha value is -17.7. The van der Waals surface area contributed by atoms with Gasteiger partial charge in [0.25, 0.3) is 0 Å². The average molecular weight is 1710 g/mol. The summed E-state index contributed by atoms with van der Waals surface area (Å²) in [4.78, 5) is 30.6. The number of nitrogens with zero attached hydrogens (tertiary/aromatic N) is 6. The number of rotatable bonds is 11. The zero-order chi connectivity index (χ0) is 88.9. The van der Waals surface area contributed by atoms with Crippen molar-refractivity contribution in [3.8, 4) is 134 Å². The van der Waals surface area contributed by atoms with Gasteiger partial charge >= 0.3 is 0 Å². The highest BCUT2D eigenvalue weighted by Gasteiger charge is 2.36. The molecule has 7 aromatic heterocycles. The minimum Gasteiger partial charge on any atom is -0.456 e. The minimum atomic E-state index is -0.0768. The van der Waals surface area contributed by atoms with Crippen molar-refractivity contribution in [3.63, 3.8) is 0 Å². The van der Waals surface area contributed by atoms with Crippen molar-refractivity contribution < 1.29 is 13.3 Å². The number of para-hydroxylation sites is 3. The first-order valence-electron chi connectivity index (χ1n) is 45.4. The zero-order valence-electron chi connectivity index (χ0n) is 73.1. The van der Waals surface area contributed by atoms with Crippen LogP contribution in [0.2, 0.25) is 0 Å². The minimum absolute atomic E-state index is 0.0768. The first-order chi connectivity index (χ1) is 66.2. The van der Waals surface area contributed by atoms with Crippen LogP contribution in [0.15, 0.2) is 462 Å². The number of furan rings is 3. The summed E-state index contributed by atoms with van der Waals surface area (Å²) in [6, 6.07) is 155. The molecule has 0 atom stereocenters. The molecular formula is C125H80N6O3. The second-order valence-electron chi connectivity index (χ2n) is 35.0. The predicted molar refractivity (Wildman–Crippen MR) is 553 cm³/mol. The lowest BCUT2D eigenvalue weighted by molar-refractivity contribution is 0.660. The number of pyridine rings is 2. The molecule has 1 aliphatic carbocycles. The van der Waals surface area contributed by atoms with Crippen LogP contribution in [-0.4, -0.2) is 29.9 Å². The third kappa shape index (κ3) is 13.8. The van der Waals surface area contributed by atoms with Gasteiger partial charge in [-0.25, -0.2) is 24.9 Å². The molecule has 0 amide bonds. The maximum Gasteiger partial charge on any atom is 0.160 e. The van der Waals surface area contributed by atoms with Gasteiger partial charge in [-0.1, -0.05) is 366 Å². The monoisotopic (exact) mass is 1710 g/mol. The van der Waals surface area contributed by atoms with Gasteiger partial charge in [-0.05, 0) is 190 Å². The molecule has 134 heavy (non-hydrogen) atoms. The van der Waals surface area contributed by atoms with Crippen molar-refractivity contribution in [3.05, 3.63) is 460 Å². The summed E-state index contributed by atoms with van der Waals surface area (Å²) in [5.41, 5.74) is 36.7. The first-order valence-corrected chi connectivity index (χ1v) is 45.4. The normalized spacial score (nSPS) is 12.2. The van der Waals surface area contributed by atoms with Crippen LogP contribution in [0.3, 0.4) is 0 Å². The Labute approximate surface area is 772 Å². The maximum absolute atomic E-state index is 6.23. The number of hydrogen-bond acceptors (Lipinski definition) is 9. The van der Waals surface area contributed by atoms with E-state index >= 15 is 0 Å². The van der Waals surface area contributed by atoms with Gasteiger partial charge in [0.2, 0.25) is 0 Å². The summed E-state index contributed by atoms with van der Waals surface area (Å²) in [6.07, 6.45) is 1.86. The van der Waals surface area contributed by atoms with E-state index in [4.69, 9.17) is 43.2 Å². The van der Waals surface area contributed by atoms with Gasteiger partial charge in [-0.15, -0.1) is 0 Å². The van der Waals surface area contributed by atoms with Crippen molar-refractivity contribution >= 4 is 120 Å². The molecule has 628 valence electrons. The van der Waals surface area contributed by atoms with E-state index in [-0.39, 0.29) is 5.41 Å². The quantitative estimate of drug-likeness (QED) is 0.125. The van der Waals surface area contributed by atoms with Crippen LogP contribution in [0.1, 0.15) is 25.0 Å². The zero-order valence-corrected chi connectivity index (χ0v) is 73.1. The Kier molecular flexibility index (Phi) is 19.1. The lowest BCUT2D eigenvalue weighted by Crippen LogP contribution is -2.14. The van der Waals surface area contributed by atoms with Crippen LogP contribution in [0.25, 0.3) is 255 Å². The van der Waals surface area contributed by atoms with Gasteiger partial charge in [-0.3, -0.25) is 4.98 Å². The Morgan fingerprint density at radius 3 is 1.28 bits per heavy atom. The highest BCUT2D eigenvalue weighted by atomic mass is 16.3. The molecular weight excluding hydrogens is 1630 g/mol. The van der Waals surface area contributed by atoms with Gasteiger partial charge in [0.1, 0.15) is 33.5 Å². The molecule has 0 radical (unpaired) electrons. The molecule has 0 fully saturated rings. The van der Waals surface area contributed by atoms with Crippen molar-refractivity contribution in [2.75, 3.05) is 0 Å². The average Bonchev–Trinajstić information content (AvgIpc) is 1.71. The number of fused-ring (bicyclic) bond motifs is 17. The SMILES string of the molecule is CC1(C)c2ccccc2-c2ccc(-c3nc(-c4ccc(-c5cccc6oc7ccccc7c56)cc4)cc4ncccc34)cc21.c1ccc(-c2nc(-c3ccccc3)c3ccc(-c4ccc(-c5cccc6oc7ccccc7c56)c5ccccc45)cc3n2)cc1.c1ccc(-c2nc3cc(-c4ccc(-c5cccc6oc7ccccc7c56)cc4)ccc3nc2-c2ccc3ccccc3c2)cc1. The highest BCUT2D eigenvalue weighted by Crippen LogP contribution is 2.51. The summed E-state index contributed by atoms with van der Waals surface area (Å²) in [6.45, 7) is 4.64. The van der Waals surface area contributed by atoms with Crippen LogP contribution in [0.5, 0.6) is 0 Å². The van der Waals surface area contributed by atoms with E-state index in [1.807, 2.05) is 91.1 Å². The van der Waals surface area contributed by atoms with Gasteiger partial charge in [0, 0.05) is 88.1 Å². The van der Waals surface area contributed by atoms with Crippen LogP contribution < -0.4 is 0 Å². The molecule has 0 bridgehead atoms. The van der Waals surface area contributed by atoms with Crippen LogP contribution in [-0.2, 0) is 5.41 Å². The second-order valence-corrected chi connectivity index (χ2v) is 35.0.